The third-order valence-electron chi connectivity index (χ3n) is 3.52. The first-order valence-electron chi connectivity index (χ1n) is 7.03. The lowest BCUT2D eigenvalue weighted by atomic mass is 10.2. The molecule has 3 aromatic rings. The third-order valence-corrected chi connectivity index (χ3v) is 3.52. The highest BCUT2D eigenvalue weighted by Gasteiger charge is 2.13. The largest absolute Gasteiger partial charge is 0.497 e. The number of hydrogen-bond donors (Lipinski definition) is 0. The van der Waals surface area contributed by atoms with Crippen molar-refractivity contribution in [2.75, 3.05) is 13.7 Å². The highest BCUT2D eigenvalue weighted by Crippen LogP contribution is 2.21. The molecule has 23 heavy (non-hydrogen) atoms. The molecule has 0 atom stereocenters. The average Bonchev–Trinajstić information content (AvgIpc) is 2.99. The van der Waals surface area contributed by atoms with Gasteiger partial charge in [-0.1, -0.05) is 18.2 Å². The van der Waals surface area contributed by atoms with Crippen LogP contribution in [0.5, 0.6) is 11.5 Å². The number of para-hydroxylation sites is 1. The summed E-state index contributed by atoms with van der Waals surface area (Å²) in [7, 11) is 1.59. The van der Waals surface area contributed by atoms with E-state index in [1.165, 1.54) is 4.57 Å². The van der Waals surface area contributed by atoms with E-state index in [0.717, 1.165) is 11.1 Å². The van der Waals surface area contributed by atoms with Crippen LogP contribution in [-0.2, 0) is 0 Å². The van der Waals surface area contributed by atoms with E-state index in [-0.39, 0.29) is 12.5 Å². The minimum absolute atomic E-state index is 0.115. The molecule has 0 radical (unpaired) electrons. The number of fused-ring (bicyclic) bond motifs is 1. The predicted molar refractivity (Wildman–Crippen MR) is 85.8 cm³/mol. The number of nitriles is 1. The normalized spacial score (nSPS) is 10.3. The maximum absolute atomic E-state index is 12.4. The molecule has 5 nitrogen and oxygen atoms in total. The Balaban J connectivity index is 1.79. The zero-order valence-corrected chi connectivity index (χ0v) is 12.5. The Bertz CT molecular complexity index is 889. The summed E-state index contributed by atoms with van der Waals surface area (Å²) in [6.45, 7) is -0.115. The summed E-state index contributed by atoms with van der Waals surface area (Å²) in [5.41, 5.74) is 1.17. The summed E-state index contributed by atoms with van der Waals surface area (Å²) >= 11 is 0. The van der Waals surface area contributed by atoms with E-state index in [9.17, 15) is 10.1 Å². The minimum Gasteiger partial charge on any atom is -0.497 e. The zero-order valence-electron chi connectivity index (χ0n) is 12.5. The van der Waals surface area contributed by atoms with Crippen LogP contribution in [0.25, 0.3) is 10.9 Å². The van der Waals surface area contributed by atoms with Gasteiger partial charge < -0.3 is 9.47 Å². The van der Waals surface area contributed by atoms with Crippen LogP contribution in [0.1, 0.15) is 10.4 Å². The van der Waals surface area contributed by atoms with Crippen molar-refractivity contribution >= 4 is 16.8 Å². The van der Waals surface area contributed by atoms with Crippen LogP contribution in [0.4, 0.5) is 0 Å². The molecule has 0 spiro atoms. The topological polar surface area (TPSA) is 64.2 Å². The Morgan fingerprint density at radius 1 is 1.13 bits per heavy atom. The molecular weight excluding hydrogens is 292 g/mol. The van der Waals surface area contributed by atoms with Crippen LogP contribution in [0.2, 0.25) is 0 Å². The van der Waals surface area contributed by atoms with Gasteiger partial charge in [0.1, 0.15) is 17.6 Å². The molecule has 5 heteroatoms. The van der Waals surface area contributed by atoms with E-state index in [1.54, 1.807) is 43.6 Å². The summed E-state index contributed by atoms with van der Waals surface area (Å²) in [4.78, 5) is 12.4. The summed E-state index contributed by atoms with van der Waals surface area (Å²) in [5, 5.41) is 9.93. The lowest BCUT2D eigenvalue weighted by Crippen LogP contribution is -2.18. The average molecular weight is 306 g/mol. The number of benzene rings is 2. The Morgan fingerprint density at radius 3 is 2.52 bits per heavy atom. The molecule has 0 saturated heterocycles. The van der Waals surface area contributed by atoms with E-state index in [0.29, 0.717) is 16.8 Å². The molecule has 0 fully saturated rings. The van der Waals surface area contributed by atoms with Gasteiger partial charge in [0.05, 0.1) is 18.2 Å². The van der Waals surface area contributed by atoms with E-state index >= 15 is 0 Å². The molecule has 2 aromatic carbocycles. The quantitative estimate of drug-likeness (QED) is 0.742. The number of nitrogens with zero attached hydrogens (tertiary/aromatic N) is 2. The fourth-order valence-electron chi connectivity index (χ4n) is 2.36. The van der Waals surface area contributed by atoms with Gasteiger partial charge in [0.25, 0.3) is 5.91 Å². The van der Waals surface area contributed by atoms with E-state index in [2.05, 4.69) is 6.07 Å². The van der Waals surface area contributed by atoms with Gasteiger partial charge in [-0.2, -0.15) is 5.26 Å². The lowest BCUT2D eigenvalue weighted by molar-refractivity contribution is 0.0843. The monoisotopic (exact) mass is 306 g/mol. The van der Waals surface area contributed by atoms with Gasteiger partial charge >= 0.3 is 0 Å². The second-order valence-corrected chi connectivity index (χ2v) is 4.90. The van der Waals surface area contributed by atoms with Crippen molar-refractivity contribution in [3.05, 3.63) is 60.3 Å². The molecule has 1 aromatic heterocycles. The number of methoxy groups -OCH3 is 1. The molecule has 0 aliphatic heterocycles. The lowest BCUT2D eigenvalue weighted by Gasteiger charge is -2.07. The second-order valence-electron chi connectivity index (χ2n) is 4.90. The minimum atomic E-state index is -0.237. The number of aromatic nitrogens is 1. The molecule has 3 rings (SSSR count). The number of carbonyl (C=O) groups is 1. The van der Waals surface area contributed by atoms with Crippen molar-refractivity contribution in [3.63, 3.8) is 0 Å². The molecular formula is C18H14N2O3. The van der Waals surface area contributed by atoms with E-state index in [1.807, 2.05) is 18.2 Å². The summed E-state index contributed by atoms with van der Waals surface area (Å²) in [5.74, 6) is 1.06. The fourth-order valence-corrected chi connectivity index (χ4v) is 2.36. The van der Waals surface area contributed by atoms with Gasteiger partial charge in [0, 0.05) is 11.6 Å². The maximum atomic E-state index is 12.4. The number of rotatable bonds is 4. The van der Waals surface area contributed by atoms with Gasteiger partial charge in [-0.05, 0) is 30.3 Å². The van der Waals surface area contributed by atoms with Gasteiger partial charge in [-0.25, -0.2) is 0 Å². The van der Waals surface area contributed by atoms with Crippen molar-refractivity contribution in [2.24, 2.45) is 0 Å². The first kappa shape index (κ1) is 14.7. The van der Waals surface area contributed by atoms with E-state index < -0.39 is 0 Å². The summed E-state index contributed by atoms with van der Waals surface area (Å²) in [6.07, 6.45) is 1.55. The van der Waals surface area contributed by atoms with Crippen LogP contribution in [0, 0.1) is 11.3 Å². The van der Waals surface area contributed by atoms with Crippen LogP contribution < -0.4 is 9.47 Å². The Kier molecular flexibility index (Phi) is 3.98. The number of ether oxygens (including phenoxy) is 2. The molecule has 0 bridgehead atoms. The highest BCUT2D eigenvalue weighted by atomic mass is 16.5. The molecule has 114 valence electrons. The van der Waals surface area contributed by atoms with Crippen LogP contribution in [0.15, 0.2) is 54.7 Å². The standard InChI is InChI=1S/C18H14N2O3/c1-22-14-6-8-15(9-7-14)23-12-18(21)20-11-13(10-19)16-4-2-3-5-17(16)20/h2-9,11H,12H2,1H3. The summed E-state index contributed by atoms with van der Waals surface area (Å²) in [6, 6.07) is 16.4. The van der Waals surface area contributed by atoms with E-state index in [4.69, 9.17) is 9.47 Å². The van der Waals surface area contributed by atoms with Crippen molar-refractivity contribution in [1.29, 1.82) is 5.26 Å². The Labute approximate surface area is 133 Å². The summed E-state index contributed by atoms with van der Waals surface area (Å²) < 4.78 is 12.0. The van der Waals surface area contributed by atoms with Gasteiger partial charge in [0.15, 0.2) is 6.61 Å². The molecule has 0 saturated carbocycles. The van der Waals surface area contributed by atoms with Crippen molar-refractivity contribution in [3.8, 4) is 17.6 Å². The molecule has 0 aliphatic rings. The second kappa shape index (κ2) is 6.24. The Morgan fingerprint density at radius 2 is 1.83 bits per heavy atom. The zero-order chi connectivity index (χ0) is 16.2. The van der Waals surface area contributed by atoms with Crippen LogP contribution >= 0.6 is 0 Å². The maximum Gasteiger partial charge on any atom is 0.269 e. The first-order chi connectivity index (χ1) is 11.2. The van der Waals surface area contributed by atoms with Gasteiger partial charge in [-0.3, -0.25) is 9.36 Å². The van der Waals surface area contributed by atoms with Crippen LogP contribution in [0.3, 0.4) is 0 Å². The van der Waals surface area contributed by atoms with Crippen LogP contribution in [-0.4, -0.2) is 24.2 Å². The smallest absolute Gasteiger partial charge is 0.269 e. The fraction of sp³-hybridized carbons (Fsp3) is 0.111. The van der Waals surface area contributed by atoms with Gasteiger partial charge in [0.2, 0.25) is 0 Å². The number of carbonyl (C=O) groups excluding carboxylic acids is 1. The Hall–Kier alpha value is -3.26. The van der Waals surface area contributed by atoms with Gasteiger partial charge in [-0.15, -0.1) is 0 Å². The molecule has 0 unspecified atom stereocenters. The SMILES string of the molecule is COc1ccc(OCC(=O)n2cc(C#N)c3ccccc32)cc1. The molecule has 1 heterocycles. The highest BCUT2D eigenvalue weighted by molar-refractivity contribution is 5.96. The van der Waals surface area contributed by atoms with Crippen molar-refractivity contribution in [2.45, 2.75) is 0 Å². The molecule has 0 N–H and O–H groups in total. The first-order valence-corrected chi connectivity index (χ1v) is 7.03. The number of hydrogen-bond acceptors (Lipinski definition) is 4. The molecule has 0 amide bonds. The molecule has 0 aliphatic carbocycles. The van der Waals surface area contributed by atoms with Crippen molar-refractivity contribution in [1.82, 2.24) is 4.57 Å². The third kappa shape index (κ3) is 2.87. The van der Waals surface area contributed by atoms with Crippen molar-refractivity contribution < 1.29 is 14.3 Å². The predicted octanol–water partition coefficient (Wildman–Crippen LogP) is 3.24.